The number of benzene rings is 1. The maximum Gasteiger partial charge on any atom is 0.125 e. The van der Waals surface area contributed by atoms with Crippen LogP contribution in [0.5, 0.6) is 5.75 Å². The van der Waals surface area contributed by atoms with E-state index in [1.165, 1.54) is 25.7 Å². The molecule has 0 amide bonds. The molecule has 0 spiro atoms. The van der Waals surface area contributed by atoms with Crippen LogP contribution in [0.15, 0.2) is 36.9 Å². The number of imidazole rings is 1. The zero-order valence-corrected chi connectivity index (χ0v) is 14.4. The van der Waals surface area contributed by atoms with Gasteiger partial charge in [0.2, 0.25) is 0 Å². The summed E-state index contributed by atoms with van der Waals surface area (Å²) in [5, 5.41) is 11.1. The lowest BCUT2D eigenvalue weighted by Crippen LogP contribution is -2.10. The van der Waals surface area contributed by atoms with Gasteiger partial charge >= 0.3 is 0 Å². The average molecular weight is 337 g/mol. The molecule has 1 aromatic carbocycles. The summed E-state index contributed by atoms with van der Waals surface area (Å²) in [7, 11) is 0. The summed E-state index contributed by atoms with van der Waals surface area (Å²) in [6.07, 6.45) is 10.5. The molecule has 1 aromatic heterocycles. The molecule has 1 N–H and O–H groups in total. The fraction of sp³-hybridized carbons (Fsp3) is 0.500. The summed E-state index contributed by atoms with van der Waals surface area (Å²) < 4.78 is 7.70. The second kappa shape index (κ2) is 9.58. The molecule has 1 atom stereocenters. The van der Waals surface area contributed by atoms with Crippen LogP contribution in [0, 0.1) is 0 Å². The number of aliphatic hydroxyl groups is 1. The minimum absolute atomic E-state index is 0.424. The third kappa shape index (κ3) is 5.88. The van der Waals surface area contributed by atoms with E-state index in [1.54, 1.807) is 24.7 Å². The molecule has 126 valence electrons. The SMILES string of the molecule is CCCCCCCOc1ccc(Cl)cc1C(O)Cn1ccnc1. The van der Waals surface area contributed by atoms with Crippen LogP contribution >= 0.6 is 11.6 Å². The molecule has 0 radical (unpaired) electrons. The van der Waals surface area contributed by atoms with E-state index in [0.29, 0.717) is 23.9 Å². The van der Waals surface area contributed by atoms with Gasteiger partial charge in [0, 0.05) is 23.0 Å². The van der Waals surface area contributed by atoms with Crippen molar-refractivity contribution in [3.05, 3.63) is 47.5 Å². The number of nitrogens with zero attached hydrogens (tertiary/aromatic N) is 2. The number of halogens is 1. The highest BCUT2D eigenvalue weighted by molar-refractivity contribution is 6.30. The van der Waals surface area contributed by atoms with Crippen LogP contribution in [0.4, 0.5) is 0 Å². The first-order valence-corrected chi connectivity index (χ1v) is 8.64. The Morgan fingerprint density at radius 2 is 2.09 bits per heavy atom. The summed E-state index contributed by atoms with van der Waals surface area (Å²) in [5.41, 5.74) is 0.722. The summed E-state index contributed by atoms with van der Waals surface area (Å²) in [6, 6.07) is 5.40. The number of aliphatic hydroxyl groups excluding tert-OH is 1. The van der Waals surface area contributed by atoms with Crippen molar-refractivity contribution in [1.82, 2.24) is 9.55 Å². The number of hydrogen-bond donors (Lipinski definition) is 1. The van der Waals surface area contributed by atoms with Crippen molar-refractivity contribution in [2.24, 2.45) is 0 Å². The van der Waals surface area contributed by atoms with Crippen molar-refractivity contribution in [1.29, 1.82) is 0 Å². The number of aromatic nitrogens is 2. The van der Waals surface area contributed by atoms with E-state index in [1.807, 2.05) is 16.8 Å². The van der Waals surface area contributed by atoms with Crippen molar-refractivity contribution in [3.8, 4) is 5.75 Å². The van der Waals surface area contributed by atoms with Gasteiger partial charge in [0.25, 0.3) is 0 Å². The van der Waals surface area contributed by atoms with Crippen LogP contribution < -0.4 is 4.74 Å². The Labute approximate surface area is 143 Å². The van der Waals surface area contributed by atoms with E-state index >= 15 is 0 Å². The Kier molecular flexibility index (Phi) is 7.43. The van der Waals surface area contributed by atoms with Gasteiger partial charge in [0.15, 0.2) is 0 Å². The van der Waals surface area contributed by atoms with E-state index in [0.717, 1.165) is 12.0 Å². The minimum atomic E-state index is -0.682. The van der Waals surface area contributed by atoms with Gasteiger partial charge < -0.3 is 14.4 Å². The second-order valence-electron chi connectivity index (χ2n) is 5.72. The highest BCUT2D eigenvalue weighted by Crippen LogP contribution is 2.29. The molecule has 5 heteroatoms. The van der Waals surface area contributed by atoms with Crippen molar-refractivity contribution in [3.63, 3.8) is 0 Å². The maximum atomic E-state index is 10.5. The van der Waals surface area contributed by atoms with Crippen molar-refractivity contribution >= 4 is 11.6 Å². The van der Waals surface area contributed by atoms with Gasteiger partial charge in [0.1, 0.15) is 11.9 Å². The van der Waals surface area contributed by atoms with Crippen molar-refractivity contribution in [2.75, 3.05) is 6.61 Å². The average Bonchev–Trinajstić information content (AvgIpc) is 3.04. The third-order valence-electron chi connectivity index (χ3n) is 3.78. The number of rotatable bonds is 10. The lowest BCUT2D eigenvalue weighted by atomic mass is 10.1. The first-order valence-electron chi connectivity index (χ1n) is 8.26. The molecule has 23 heavy (non-hydrogen) atoms. The van der Waals surface area contributed by atoms with E-state index in [9.17, 15) is 5.11 Å². The van der Waals surface area contributed by atoms with E-state index in [-0.39, 0.29) is 0 Å². The molecule has 0 aliphatic rings. The predicted molar refractivity (Wildman–Crippen MR) is 92.9 cm³/mol. The van der Waals surface area contributed by atoms with Crippen LogP contribution in [0.25, 0.3) is 0 Å². The van der Waals surface area contributed by atoms with Gasteiger partial charge in [-0.3, -0.25) is 0 Å². The van der Waals surface area contributed by atoms with Gasteiger partial charge in [0.05, 0.1) is 19.5 Å². The molecule has 0 bridgehead atoms. The van der Waals surface area contributed by atoms with Crippen LogP contribution in [-0.2, 0) is 6.54 Å². The molecule has 2 aromatic rings. The summed E-state index contributed by atoms with van der Waals surface area (Å²) in [4.78, 5) is 3.99. The number of hydrogen-bond acceptors (Lipinski definition) is 3. The van der Waals surface area contributed by atoms with Crippen LogP contribution in [0.3, 0.4) is 0 Å². The Morgan fingerprint density at radius 1 is 1.26 bits per heavy atom. The van der Waals surface area contributed by atoms with E-state index in [2.05, 4.69) is 11.9 Å². The first kappa shape index (κ1) is 17.8. The van der Waals surface area contributed by atoms with Gasteiger partial charge in [-0.05, 0) is 24.6 Å². The van der Waals surface area contributed by atoms with Crippen LogP contribution in [-0.4, -0.2) is 21.3 Å². The van der Waals surface area contributed by atoms with Crippen molar-refractivity contribution in [2.45, 2.75) is 51.7 Å². The Bertz CT molecular complexity index is 572. The largest absolute Gasteiger partial charge is 0.493 e. The van der Waals surface area contributed by atoms with Gasteiger partial charge in [-0.25, -0.2) is 4.98 Å². The topological polar surface area (TPSA) is 47.3 Å². The Hall–Kier alpha value is -1.52. The molecule has 4 nitrogen and oxygen atoms in total. The Balaban J connectivity index is 1.93. The lowest BCUT2D eigenvalue weighted by Gasteiger charge is -2.17. The highest BCUT2D eigenvalue weighted by atomic mass is 35.5. The zero-order chi connectivity index (χ0) is 16.5. The van der Waals surface area contributed by atoms with Crippen LogP contribution in [0.1, 0.15) is 50.7 Å². The van der Waals surface area contributed by atoms with E-state index in [4.69, 9.17) is 16.3 Å². The van der Waals surface area contributed by atoms with Crippen LogP contribution in [0.2, 0.25) is 5.02 Å². The van der Waals surface area contributed by atoms with Crippen molar-refractivity contribution < 1.29 is 9.84 Å². The molecular weight excluding hydrogens is 312 g/mol. The maximum absolute atomic E-state index is 10.5. The molecule has 1 unspecified atom stereocenters. The summed E-state index contributed by atoms with van der Waals surface area (Å²) >= 11 is 6.08. The molecule has 0 fully saturated rings. The molecule has 0 saturated carbocycles. The van der Waals surface area contributed by atoms with E-state index < -0.39 is 6.10 Å². The smallest absolute Gasteiger partial charge is 0.125 e. The molecule has 0 aliphatic heterocycles. The number of ether oxygens (including phenoxy) is 1. The normalized spacial score (nSPS) is 12.3. The predicted octanol–water partition coefficient (Wildman–Crippen LogP) is 4.62. The standard InChI is InChI=1S/C18H25ClN2O2/c1-2-3-4-5-6-11-23-18-8-7-15(19)12-16(18)17(22)13-21-10-9-20-14-21/h7-10,12,14,17,22H,2-6,11,13H2,1H3. The number of unbranched alkanes of at least 4 members (excludes halogenated alkanes) is 4. The fourth-order valence-electron chi connectivity index (χ4n) is 2.49. The lowest BCUT2D eigenvalue weighted by molar-refractivity contribution is 0.150. The minimum Gasteiger partial charge on any atom is -0.493 e. The quantitative estimate of drug-likeness (QED) is 0.644. The second-order valence-corrected chi connectivity index (χ2v) is 6.16. The Morgan fingerprint density at radius 3 is 2.83 bits per heavy atom. The highest BCUT2D eigenvalue weighted by Gasteiger charge is 2.15. The van der Waals surface area contributed by atoms with Gasteiger partial charge in [-0.15, -0.1) is 0 Å². The fourth-order valence-corrected chi connectivity index (χ4v) is 2.67. The summed E-state index contributed by atoms with van der Waals surface area (Å²) in [6.45, 7) is 3.29. The summed E-state index contributed by atoms with van der Waals surface area (Å²) in [5.74, 6) is 0.706. The molecule has 0 saturated heterocycles. The van der Waals surface area contributed by atoms with Gasteiger partial charge in [-0.1, -0.05) is 44.2 Å². The molecule has 2 rings (SSSR count). The first-order chi connectivity index (χ1) is 11.2. The molecule has 0 aliphatic carbocycles. The molecule has 1 heterocycles. The molecular formula is C18H25ClN2O2. The van der Waals surface area contributed by atoms with Gasteiger partial charge in [-0.2, -0.15) is 0 Å². The third-order valence-corrected chi connectivity index (χ3v) is 4.01. The monoisotopic (exact) mass is 336 g/mol. The zero-order valence-electron chi connectivity index (χ0n) is 13.6.